The Hall–Kier alpha value is -0.750. The number of nitrogens with zero attached hydrogens (tertiary/aromatic N) is 2. The van der Waals surface area contributed by atoms with E-state index in [9.17, 15) is 4.79 Å². The molecule has 4 nitrogen and oxygen atoms in total. The molecule has 1 aromatic rings. The second kappa shape index (κ2) is 6.61. The number of nitrogens with one attached hydrogen (secondary N) is 1. The molecule has 1 saturated heterocycles. The predicted molar refractivity (Wildman–Crippen MR) is 83.9 cm³/mol. The van der Waals surface area contributed by atoms with E-state index in [1.807, 2.05) is 29.7 Å². The van der Waals surface area contributed by atoms with Gasteiger partial charge in [0.1, 0.15) is 5.82 Å². The van der Waals surface area contributed by atoms with Crippen molar-refractivity contribution < 1.29 is 4.79 Å². The third kappa shape index (κ3) is 3.63. The fraction of sp³-hybridized carbons (Fsp3) is 0.538. The zero-order valence-electron chi connectivity index (χ0n) is 11.1. The number of carbonyl (C=O) groups is 1. The number of halogens is 1. The van der Waals surface area contributed by atoms with E-state index in [2.05, 4.69) is 33.2 Å². The molecule has 0 aliphatic carbocycles. The van der Waals surface area contributed by atoms with Gasteiger partial charge in [-0.3, -0.25) is 4.79 Å². The van der Waals surface area contributed by atoms with Gasteiger partial charge in [-0.25, -0.2) is 4.98 Å². The Labute approximate surface area is 126 Å². The molecule has 1 aliphatic rings. The van der Waals surface area contributed by atoms with Gasteiger partial charge in [0.15, 0.2) is 0 Å². The van der Waals surface area contributed by atoms with Crippen molar-refractivity contribution in [3.8, 4) is 0 Å². The quantitative estimate of drug-likeness (QED) is 0.916. The van der Waals surface area contributed by atoms with E-state index < -0.39 is 0 Å². The van der Waals surface area contributed by atoms with Gasteiger partial charge in [0.25, 0.3) is 5.91 Å². The highest BCUT2D eigenvalue weighted by Gasteiger charge is 2.24. The molecule has 1 fully saturated rings. The maximum absolute atomic E-state index is 12.6. The summed E-state index contributed by atoms with van der Waals surface area (Å²) in [4.78, 5) is 18.8. The molecule has 6 heteroatoms. The Kier molecular flexibility index (Phi) is 5.10. The van der Waals surface area contributed by atoms with Gasteiger partial charge >= 0.3 is 0 Å². The van der Waals surface area contributed by atoms with Crippen LogP contribution >= 0.6 is 27.7 Å². The summed E-state index contributed by atoms with van der Waals surface area (Å²) < 4.78 is 0.830. The topological polar surface area (TPSA) is 45.2 Å². The van der Waals surface area contributed by atoms with Gasteiger partial charge in [-0.2, -0.15) is 11.8 Å². The van der Waals surface area contributed by atoms with Crippen LogP contribution in [0.3, 0.4) is 0 Å². The van der Waals surface area contributed by atoms with E-state index in [1.165, 1.54) is 0 Å². The average molecular weight is 344 g/mol. The minimum atomic E-state index is 0.0666. The lowest BCUT2D eigenvalue weighted by molar-refractivity contribution is 0.0763. The molecule has 1 unspecified atom stereocenters. The zero-order valence-corrected chi connectivity index (χ0v) is 13.6. The maximum atomic E-state index is 12.6. The minimum absolute atomic E-state index is 0.0666. The Morgan fingerprint density at radius 2 is 2.47 bits per heavy atom. The van der Waals surface area contributed by atoms with Crippen LogP contribution in [0.15, 0.2) is 16.7 Å². The van der Waals surface area contributed by atoms with E-state index in [0.717, 1.165) is 29.9 Å². The van der Waals surface area contributed by atoms with Gasteiger partial charge in [-0.15, -0.1) is 0 Å². The molecule has 2 heterocycles. The van der Waals surface area contributed by atoms with Crippen LogP contribution in [-0.2, 0) is 0 Å². The number of amides is 1. The summed E-state index contributed by atoms with van der Waals surface area (Å²) in [6.45, 7) is 6.53. The van der Waals surface area contributed by atoms with Crippen LogP contribution < -0.4 is 5.32 Å². The molecule has 1 amide bonds. The standard InChI is InChI=1S/C13H18BrN3OS/c1-3-15-12-11(6-10(14)7-16-12)13(18)17-4-5-19-9(2)8-17/h6-7,9H,3-5,8H2,1-2H3,(H,15,16). The average Bonchev–Trinajstić information content (AvgIpc) is 2.40. The molecule has 0 saturated carbocycles. The van der Waals surface area contributed by atoms with Crippen molar-refractivity contribution in [2.75, 3.05) is 30.7 Å². The van der Waals surface area contributed by atoms with Crippen LogP contribution in [0.1, 0.15) is 24.2 Å². The molecular formula is C13H18BrN3OS. The lowest BCUT2D eigenvalue weighted by Gasteiger charge is -2.31. The largest absolute Gasteiger partial charge is 0.370 e. The van der Waals surface area contributed by atoms with E-state index in [-0.39, 0.29) is 5.91 Å². The molecule has 104 valence electrons. The minimum Gasteiger partial charge on any atom is -0.370 e. The van der Waals surface area contributed by atoms with Crippen molar-refractivity contribution in [1.82, 2.24) is 9.88 Å². The molecule has 1 aromatic heterocycles. The van der Waals surface area contributed by atoms with Crippen molar-refractivity contribution in [2.24, 2.45) is 0 Å². The third-order valence-corrected chi connectivity index (χ3v) is 4.53. The van der Waals surface area contributed by atoms with Crippen LogP contribution in [0.4, 0.5) is 5.82 Å². The summed E-state index contributed by atoms with van der Waals surface area (Å²) in [5.74, 6) is 1.74. The molecule has 1 atom stereocenters. The summed E-state index contributed by atoms with van der Waals surface area (Å²) in [6, 6.07) is 1.85. The normalized spacial score (nSPS) is 19.3. The first-order chi connectivity index (χ1) is 9.11. The zero-order chi connectivity index (χ0) is 13.8. The number of thioether (sulfide) groups is 1. The van der Waals surface area contributed by atoms with E-state index >= 15 is 0 Å². The van der Waals surface area contributed by atoms with Crippen molar-refractivity contribution in [2.45, 2.75) is 19.1 Å². The summed E-state index contributed by atoms with van der Waals surface area (Å²) in [5, 5.41) is 3.65. The molecule has 0 spiro atoms. The molecule has 19 heavy (non-hydrogen) atoms. The highest BCUT2D eigenvalue weighted by molar-refractivity contribution is 9.10. The number of aromatic nitrogens is 1. The van der Waals surface area contributed by atoms with Crippen LogP contribution in [0.5, 0.6) is 0 Å². The highest BCUT2D eigenvalue weighted by Crippen LogP contribution is 2.23. The Morgan fingerprint density at radius 3 is 3.16 bits per heavy atom. The molecule has 0 radical (unpaired) electrons. The Bertz CT molecular complexity index is 469. The predicted octanol–water partition coefficient (Wildman–Crippen LogP) is 2.85. The van der Waals surface area contributed by atoms with Crippen LogP contribution in [0.2, 0.25) is 0 Å². The van der Waals surface area contributed by atoms with Crippen molar-refractivity contribution in [3.63, 3.8) is 0 Å². The lowest BCUT2D eigenvalue weighted by atomic mass is 10.2. The summed E-state index contributed by atoms with van der Waals surface area (Å²) in [6.07, 6.45) is 1.71. The fourth-order valence-corrected chi connectivity index (χ4v) is 3.43. The first kappa shape index (κ1) is 14.7. The Balaban J connectivity index is 2.24. The van der Waals surface area contributed by atoms with Gasteiger partial charge in [0, 0.05) is 41.3 Å². The molecule has 2 rings (SSSR count). The molecule has 0 aromatic carbocycles. The van der Waals surface area contributed by atoms with Gasteiger partial charge in [-0.1, -0.05) is 6.92 Å². The van der Waals surface area contributed by atoms with Crippen molar-refractivity contribution >= 4 is 39.4 Å². The van der Waals surface area contributed by atoms with Crippen molar-refractivity contribution in [1.29, 1.82) is 0 Å². The SMILES string of the molecule is CCNc1ncc(Br)cc1C(=O)N1CCSC(C)C1. The van der Waals surface area contributed by atoms with Crippen LogP contribution in [0, 0.1) is 0 Å². The number of anilines is 1. The second-order valence-corrected chi connectivity index (χ2v) is 6.97. The van der Waals surface area contributed by atoms with E-state index in [1.54, 1.807) is 6.20 Å². The molecular weight excluding hydrogens is 326 g/mol. The monoisotopic (exact) mass is 343 g/mol. The van der Waals surface area contributed by atoms with Gasteiger partial charge in [-0.05, 0) is 28.9 Å². The summed E-state index contributed by atoms with van der Waals surface area (Å²) in [5.41, 5.74) is 0.648. The summed E-state index contributed by atoms with van der Waals surface area (Å²) >= 11 is 5.30. The van der Waals surface area contributed by atoms with E-state index in [4.69, 9.17) is 0 Å². The molecule has 0 bridgehead atoms. The first-order valence-corrected chi connectivity index (χ1v) is 8.26. The van der Waals surface area contributed by atoms with E-state index in [0.29, 0.717) is 16.6 Å². The lowest BCUT2D eigenvalue weighted by Crippen LogP contribution is -2.41. The number of pyridine rings is 1. The van der Waals surface area contributed by atoms with Crippen LogP contribution in [0.25, 0.3) is 0 Å². The third-order valence-electron chi connectivity index (χ3n) is 2.96. The van der Waals surface area contributed by atoms with Gasteiger partial charge in [0.2, 0.25) is 0 Å². The first-order valence-electron chi connectivity index (χ1n) is 6.42. The number of rotatable bonds is 3. The Morgan fingerprint density at radius 1 is 1.68 bits per heavy atom. The van der Waals surface area contributed by atoms with Crippen molar-refractivity contribution in [3.05, 3.63) is 22.3 Å². The summed E-state index contributed by atoms with van der Waals surface area (Å²) in [7, 11) is 0. The smallest absolute Gasteiger partial charge is 0.257 e. The van der Waals surface area contributed by atoms with Crippen LogP contribution in [-0.4, -0.2) is 46.4 Å². The second-order valence-electron chi connectivity index (χ2n) is 4.51. The molecule has 1 aliphatic heterocycles. The number of hydrogen-bond donors (Lipinski definition) is 1. The van der Waals surface area contributed by atoms with Gasteiger partial charge < -0.3 is 10.2 Å². The number of hydrogen-bond acceptors (Lipinski definition) is 4. The fourth-order valence-electron chi connectivity index (χ4n) is 2.08. The van der Waals surface area contributed by atoms with Gasteiger partial charge in [0.05, 0.1) is 5.56 Å². The molecule has 1 N–H and O–H groups in total. The maximum Gasteiger partial charge on any atom is 0.257 e. The number of carbonyl (C=O) groups excluding carboxylic acids is 1. The highest BCUT2D eigenvalue weighted by atomic mass is 79.9.